The highest BCUT2D eigenvalue weighted by Crippen LogP contribution is 2.29. The lowest BCUT2D eigenvalue weighted by Gasteiger charge is -2.19. The number of halogens is 1. The first kappa shape index (κ1) is 12.7. The largest absolute Gasteiger partial charge is 0.370 e. The smallest absolute Gasteiger partial charge is 0.280 e. The van der Waals surface area contributed by atoms with E-state index < -0.39 is 5.91 Å². The normalized spacial score (nSPS) is 14.6. The summed E-state index contributed by atoms with van der Waals surface area (Å²) in [6.07, 6.45) is 2.28. The van der Waals surface area contributed by atoms with Crippen LogP contribution in [0.2, 0.25) is 5.02 Å². The van der Waals surface area contributed by atoms with Crippen molar-refractivity contribution in [1.29, 1.82) is 0 Å². The van der Waals surface area contributed by atoms with Gasteiger partial charge < -0.3 is 16.4 Å². The van der Waals surface area contributed by atoms with Gasteiger partial charge in [-0.2, -0.15) is 4.99 Å². The summed E-state index contributed by atoms with van der Waals surface area (Å²) in [7, 11) is 0. The highest BCUT2D eigenvalue weighted by molar-refractivity contribution is 6.33. The van der Waals surface area contributed by atoms with Crippen LogP contribution >= 0.6 is 11.6 Å². The van der Waals surface area contributed by atoms with E-state index in [2.05, 4.69) is 9.89 Å². The predicted octanol–water partition coefficient (Wildman–Crippen LogP) is 1.35. The Morgan fingerprint density at radius 1 is 1.28 bits per heavy atom. The molecule has 18 heavy (non-hydrogen) atoms. The third-order valence-corrected chi connectivity index (χ3v) is 3.19. The van der Waals surface area contributed by atoms with Crippen LogP contribution in [-0.2, 0) is 0 Å². The molecule has 0 saturated carbocycles. The van der Waals surface area contributed by atoms with Gasteiger partial charge >= 0.3 is 0 Å². The van der Waals surface area contributed by atoms with Crippen molar-refractivity contribution < 1.29 is 4.79 Å². The van der Waals surface area contributed by atoms with Gasteiger partial charge in [0.2, 0.25) is 0 Å². The molecule has 4 N–H and O–H groups in total. The molecule has 1 heterocycles. The number of nitrogens with two attached hydrogens (primary N) is 2. The summed E-state index contributed by atoms with van der Waals surface area (Å²) in [4.78, 5) is 17.4. The number of carbonyl (C=O) groups excluding carboxylic acids is 1. The lowest BCUT2D eigenvalue weighted by atomic mass is 10.2. The Morgan fingerprint density at radius 2 is 1.94 bits per heavy atom. The third kappa shape index (κ3) is 2.73. The van der Waals surface area contributed by atoms with E-state index in [0.717, 1.165) is 31.6 Å². The molecule has 5 nitrogen and oxygen atoms in total. The Labute approximate surface area is 110 Å². The number of rotatable bonds is 2. The molecule has 1 aliphatic heterocycles. The number of amides is 1. The van der Waals surface area contributed by atoms with Crippen molar-refractivity contribution in [2.24, 2.45) is 16.5 Å². The van der Waals surface area contributed by atoms with Crippen molar-refractivity contribution in [3.05, 3.63) is 28.8 Å². The third-order valence-electron chi connectivity index (χ3n) is 2.87. The number of guanidine groups is 1. The first-order chi connectivity index (χ1) is 8.58. The summed E-state index contributed by atoms with van der Waals surface area (Å²) in [6, 6.07) is 5.06. The predicted molar refractivity (Wildman–Crippen MR) is 73.0 cm³/mol. The zero-order chi connectivity index (χ0) is 13.1. The van der Waals surface area contributed by atoms with Gasteiger partial charge in [0.15, 0.2) is 5.96 Å². The molecule has 1 fully saturated rings. The Kier molecular flexibility index (Phi) is 3.72. The van der Waals surface area contributed by atoms with E-state index in [-0.39, 0.29) is 5.96 Å². The number of hydrogen-bond acceptors (Lipinski definition) is 2. The SMILES string of the molecule is NC(N)=NC(=O)c1ccc(Cl)c(N2CCCC2)c1. The first-order valence-corrected chi connectivity index (χ1v) is 6.14. The minimum Gasteiger partial charge on any atom is -0.370 e. The Morgan fingerprint density at radius 3 is 2.56 bits per heavy atom. The van der Waals surface area contributed by atoms with E-state index in [1.807, 2.05) is 0 Å². The number of hydrogen-bond donors (Lipinski definition) is 2. The molecule has 0 radical (unpaired) electrons. The molecule has 0 unspecified atom stereocenters. The lowest BCUT2D eigenvalue weighted by molar-refractivity contribution is 0.100. The Hall–Kier alpha value is -1.75. The standard InChI is InChI=1S/C12H15ClN4O/c13-9-4-3-8(11(18)16-12(14)15)7-10(9)17-5-1-2-6-17/h3-4,7H,1-2,5-6H2,(H4,14,15,16,18). The second kappa shape index (κ2) is 5.27. The molecule has 96 valence electrons. The van der Waals surface area contributed by atoms with Gasteiger partial charge in [0.25, 0.3) is 5.91 Å². The zero-order valence-corrected chi connectivity index (χ0v) is 10.7. The number of aliphatic imine (C=N–C) groups is 1. The van der Waals surface area contributed by atoms with Crippen molar-refractivity contribution in [3.63, 3.8) is 0 Å². The van der Waals surface area contributed by atoms with Gasteiger partial charge in [0.1, 0.15) is 0 Å². The summed E-state index contributed by atoms with van der Waals surface area (Å²) >= 11 is 6.15. The molecule has 2 rings (SSSR count). The summed E-state index contributed by atoms with van der Waals surface area (Å²) in [6.45, 7) is 1.92. The van der Waals surface area contributed by atoms with Gasteiger partial charge in [-0.05, 0) is 31.0 Å². The molecular weight excluding hydrogens is 252 g/mol. The van der Waals surface area contributed by atoms with Gasteiger partial charge in [-0.25, -0.2) is 0 Å². The van der Waals surface area contributed by atoms with Gasteiger partial charge in [-0.1, -0.05) is 11.6 Å². The molecule has 1 saturated heterocycles. The van der Waals surface area contributed by atoms with Crippen molar-refractivity contribution in [2.75, 3.05) is 18.0 Å². The van der Waals surface area contributed by atoms with E-state index in [1.165, 1.54) is 0 Å². The van der Waals surface area contributed by atoms with Crippen LogP contribution in [0.25, 0.3) is 0 Å². The van der Waals surface area contributed by atoms with E-state index in [0.29, 0.717) is 10.6 Å². The molecule has 1 amide bonds. The topological polar surface area (TPSA) is 84.7 Å². The van der Waals surface area contributed by atoms with Crippen molar-refractivity contribution in [2.45, 2.75) is 12.8 Å². The molecule has 0 aromatic heterocycles. The minimum atomic E-state index is -0.452. The molecule has 1 aliphatic rings. The highest BCUT2D eigenvalue weighted by atomic mass is 35.5. The maximum absolute atomic E-state index is 11.7. The van der Waals surface area contributed by atoms with E-state index in [1.54, 1.807) is 18.2 Å². The van der Waals surface area contributed by atoms with Gasteiger partial charge in [-0.3, -0.25) is 4.79 Å². The van der Waals surface area contributed by atoms with Crippen LogP contribution in [0.5, 0.6) is 0 Å². The van der Waals surface area contributed by atoms with Gasteiger partial charge in [-0.15, -0.1) is 0 Å². The molecule has 0 atom stereocenters. The minimum absolute atomic E-state index is 0.238. The van der Waals surface area contributed by atoms with Crippen LogP contribution < -0.4 is 16.4 Å². The van der Waals surface area contributed by atoms with Gasteiger partial charge in [0, 0.05) is 18.7 Å². The monoisotopic (exact) mass is 266 g/mol. The molecule has 6 heteroatoms. The van der Waals surface area contributed by atoms with Crippen LogP contribution in [0.1, 0.15) is 23.2 Å². The Balaban J connectivity index is 2.31. The summed E-state index contributed by atoms with van der Waals surface area (Å²) < 4.78 is 0. The number of benzene rings is 1. The second-order valence-electron chi connectivity index (χ2n) is 4.20. The summed E-state index contributed by atoms with van der Waals surface area (Å²) in [5, 5.41) is 0.637. The molecule has 0 aliphatic carbocycles. The van der Waals surface area contributed by atoms with Crippen LogP contribution in [0.4, 0.5) is 5.69 Å². The average molecular weight is 267 g/mol. The van der Waals surface area contributed by atoms with Crippen molar-refractivity contribution in [1.82, 2.24) is 0 Å². The highest BCUT2D eigenvalue weighted by Gasteiger charge is 2.17. The van der Waals surface area contributed by atoms with Crippen LogP contribution in [0.3, 0.4) is 0 Å². The van der Waals surface area contributed by atoms with Crippen LogP contribution in [0.15, 0.2) is 23.2 Å². The maximum atomic E-state index is 11.7. The quantitative estimate of drug-likeness (QED) is 0.625. The lowest BCUT2D eigenvalue weighted by Crippen LogP contribution is -2.24. The summed E-state index contributed by atoms with van der Waals surface area (Å²) in [5.41, 5.74) is 11.7. The number of carbonyl (C=O) groups is 1. The van der Waals surface area contributed by atoms with Crippen molar-refractivity contribution >= 4 is 29.2 Å². The second-order valence-corrected chi connectivity index (χ2v) is 4.61. The number of anilines is 1. The molecule has 0 bridgehead atoms. The fraction of sp³-hybridized carbons (Fsp3) is 0.333. The fourth-order valence-electron chi connectivity index (χ4n) is 2.03. The van der Waals surface area contributed by atoms with Gasteiger partial charge in [0.05, 0.1) is 10.7 Å². The average Bonchev–Trinajstić information content (AvgIpc) is 2.82. The van der Waals surface area contributed by atoms with E-state index in [9.17, 15) is 4.79 Å². The molecular formula is C12H15ClN4O. The fourth-order valence-corrected chi connectivity index (χ4v) is 2.26. The zero-order valence-electron chi connectivity index (χ0n) is 9.90. The van der Waals surface area contributed by atoms with Crippen LogP contribution in [0, 0.1) is 0 Å². The first-order valence-electron chi connectivity index (χ1n) is 5.76. The summed E-state index contributed by atoms with van der Waals surface area (Å²) in [5.74, 6) is -0.690. The Bertz CT molecular complexity index is 491. The number of nitrogens with zero attached hydrogens (tertiary/aromatic N) is 2. The van der Waals surface area contributed by atoms with E-state index >= 15 is 0 Å². The van der Waals surface area contributed by atoms with Crippen LogP contribution in [-0.4, -0.2) is 25.0 Å². The maximum Gasteiger partial charge on any atom is 0.280 e. The van der Waals surface area contributed by atoms with Crippen molar-refractivity contribution in [3.8, 4) is 0 Å². The molecule has 0 spiro atoms. The molecule has 1 aromatic carbocycles. The van der Waals surface area contributed by atoms with E-state index in [4.69, 9.17) is 23.1 Å². The molecule has 1 aromatic rings.